The summed E-state index contributed by atoms with van der Waals surface area (Å²) < 4.78 is 4.96. The van der Waals surface area contributed by atoms with Crippen LogP contribution in [0.2, 0.25) is 0 Å². The first-order valence-electron chi connectivity index (χ1n) is 21.8. The fourth-order valence-electron chi connectivity index (χ4n) is 10.4. The molecular formula is C60H42N2Si. The van der Waals surface area contributed by atoms with Crippen LogP contribution in [-0.4, -0.2) is 17.2 Å². The summed E-state index contributed by atoms with van der Waals surface area (Å²) >= 11 is 0. The summed E-state index contributed by atoms with van der Waals surface area (Å²) in [6.45, 7) is 0. The summed E-state index contributed by atoms with van der Waals surface area (Å²) in [7, 11) is -2.96. The summed E-state index contributed by atoms with van der Waals surface area (Å²) in [4.78, 5) is 0. The van der Waals surface area contributed by atoms with Gasteiger partial charge in [-0.3, -0.25) is 0 Å². The van der Waals surface area contributed by atoms with Crippen LogP contribution in [0.5, 0.6) is 0 Å². The minimum absolute atomic E-state index is 1.13. The summed E-state index contributed by atoms with van der Waals surface area (Å²) in [5.74, 6) is 0. The third-order valence-electron chi connectivity index (χ3n) is 13.0. The highest BCUT2D eigenvalue weighted by Crippen LogP contribution is 2.38. The van der Waals surface area contributed by atoms with Crippen molar-refractivity contribution in [3.8, 4) is 33.6 Å². The molecule has 0 fully saturated rings. The second-order valence-electron chi connectivity index (χ2n) is 16.5. The molecule has 0 N–H and O–H groups in total. The Bertz CT molecular complexity index is 3460. The molecule has 0 aliphatic heterocycles. The van der Waals surface area contributed by atoms with Gasteiger partial charge in [0.05, 0.1) is 22.1 Å². The van der Waals surface area contributed by atoms with Gasteiger partial charge in [-0.2, -0.15) is 0 Å². The normalized spacial score (nSPS) is 11.8. The van der Waals surface area contributed by atoms with Crippen LogP contribution in [0.15, 0.2) is 255 Å². The molecule has 0 saturated carbocycles. The number of para-hydroxylation sites is 2. The van der Waals surface area contributed by atoms with Crippen molar-refractivity contribution in [1.82, 2.24) is 9.13 Å². The molecule has 0 amide bonds. The molecule has 2 nitrogen and oxygen atoms in total. The Morgan fingerprint density at radius 3 is 1.27 bits per heavy atom. The molecule has 2 heterocycles. The number of nitrogens with zero attached hydrogens (tertiary/aromatic N) is 2. The van der Waals surface area contributed by atoms with Crippen molar-refractivity contribution >= 4 is 72.4 Å². The zero-order valence-electron chi connectivity index (χ0n) is 34.6. The molecule has 12 aromatic rings. The highest BCUT2D eigenvalue weighted by atomic mass is 28.3. The van der Waals surface area contributed by atoms with Crippen LogP contribution in [0.3, 0.4) is 0 Å². The molecule has 0 saturated heterocycles. The van der Waals surface area contributed by atoms with E-state index in [2.05, 4.69) is 264 Å². The first-order valence-corrected chi connectivity index (χ1v) is 23.8. The number of rotatable bonds is 8. The second kappa shape index (κ2) is 15.2. The highest BCUT2D eigenvalue weighted by molar-refractivity contribution is 7.20. The predicted octanol–water partition coefficient (Wildman–Crippen LogP) is 12.6. The van der Waals surface area contributed by atoms with Gasteiger partial charge in [-0.05, 0) is 97.6 Å². The maximum absolute atomic E-state index is 2.96. The van der Waals surface area contributed by atoms with Gasteiger partial charge in [0, 0.05) is 32.9 Å². The van der Waals surface area contributed by atoms with Gasteiger partial charge in [0.15, 0.2) is 8.07 Å². The maximum Gasteiger partial charge on any atom is 0.180 e. The first kappa shape index (κ1) is 36.8. The molecule has 63 heavy (non-hydrogen) atoms. The van der Waals surface area contributed by atoms with Gasteiger partial charge in [0.2, 0.25) is 0 Å². The van der Waals surface area contributed by atoms with Gasteiger partial charge < -0.3 is 9.13 Å². The molecule has 0 bridgehead atoms. The van der Waals surface area contributed by atoms with E-state index in [0.717, 1.165) is 11.4 Å². The fourth-order valence-corrected chi connectivity index (χ4v) is 15.3. The van der Waals surface area contributed by atoms with E-state index in [-0.39, 0.29) is 0 Å². The van der Waals surface area contributed by atoms with Crippen LogP contribution in [0.1, 0.15) is 0 Å². The number of fused-ring (bicyclic) bond motifs is 6. The van der Waals surface area contributed by atoms with Gasteiger partial charge in [0.1, 0.15) is 0 Å². The standard InChI is InChI=1S/C60H42N2Si/c1-5-20-43(21-6-1)44-22-17-23-45(40-44)46-24-18-25-47(41-46)62-57-39-38-48(61-55-34-15-13-32-52(55)53-33-14-16-35-56(53)61)42-54(57)60-58(62)36-19-37-59(60)63(49-26-7-2-8-27-49,50-28-9-3-10-29-50)51-30-11-4-12-31-51/h1-42H. The molecule has 0 aliphatic rings. The van der Waals surface area contributed by atoms with Crippen molar-refractivity contribution in [3.63, 3.8) is 0 Å². The largest absolute Gasteiger partial charge is 0.309 e. The first-order chi connectivity index (χ1) is 31.3. The predicted molar refractivity (Wildman–Crippen MR) is 270 cm³/mol. The maximum atomic E-state index is 2.51. The van der Waals surface area contributed by atoms with Crippen LogP contribution in [0.4, 0.5) is 0 Å². The van der Waals surface area contributed by atoms with E-state index in [9.17, 15) is 0 Å². The Hall–Kier alpha value is -7.98. The summed E-state index contributed by atoms with van der Waals surface area (Å²) in [5.41, 5.74) is 11.8. The minimum atomic E-state index is -2.96. The summed E-state index contributed by atoms with van der Waals surface area (Å²) in [6, 6.07) is 94.4. The molecular weight excluding hydrogens is 777 g/mol. The Morgan fingerprint density at radius 1 is 0.254 bits per heavy atom. The molecule has 2 aromatic heterocycles. The molecule has 0 spiro atoms. The smallest absolute Gasteiger partial charge is 0.180 e. The lowest BCUT2D eigenvalue weighted by Crippen LogP contribution is -2.74. The van der Waals surface area contributed by atoms with E-state index >= 15 is 0 Å². The molecule has 0 unspecified atom stereocenters. The third-order valence-corrected chi connectivity index (χ3v) is 17.9. The van der Waals surface area contributed by atoms with Gasteiger partial charge in [0.25, 0.3) is 0 Å². The van der Waals surface area contributed by atoms with Crippen molar-refractivity contribution in [2.24, 2.45) is 0 Å². The number of aromatic nitrogens is 2. The number of hydrogen-bond donors (Lipinski definition) is 0. The van der Waals surface area contributed by atoms with Crippen molar-refractivity contribution < 1.29 is 0 Å². The second-order valence-corrected chi connectivity index (χ2v) is 20.2. The lowest BCUT2D eigenvalue weighted by atomic mass is 9.99. The van der Waals surface area contributed by atoms with E-state index in [1.165, 1.54) is 86.6 Å². The molecule has 296 valence electrons. The van der Waals surface area contributed by atoms with Gasteiger partial charge in [-0.1, -0.05) is 200 Å². The number of benzene rings is 10. The molecule has 12 rings (SSSR count). The minimum Gasteiger partial charge on any atom is -0.309 e. The molecule has 0 aliphatic carbocycles. The SMILES string of the molecule is c1ccc(-c2cccc(-c3cccc(-n4c5ccc(-n6c7ccccc7c7ccccc76)cc5c5c([Si](c6ccccc6)(c6ccccc6)c6ccccc6)cccc54)c3)c2)cc1. The van der Waals surface area contributed by atoms with E-state index in [1.807, 2.05) is 0 Å². The quantitative estimate of drug-likeness (QED) is 0.107. The van der Waals surface area contributed by atoms with Crippen LogP contribution in [0.25, 0.3) is 77.2 Å². The van der Waals surface area contributed by atoms with Crippen LogP contribution in [-0.2, 0) is 0 Å². The Kier molecular flexibility index (Phi) is 8.87. The van der Waals surface area contributed by atoms with Crippen molar-refractivity contribution in [2.45, 2.75) is 0 Å². The Labute approximate surface area is 368 Å². The van der Waals surface area contributed by atoms with Crippen LogP contribution >= 0.6 is 0 Å². The van der Waals surface area contributed by atoms with Gasteiger partial charge in [-0.15, -0.1) is 0 Å². The van der Waals surface area contributed by atoms with E-state index in [4.69, 9.17) is 0 Å². The van der Waals surface area contributed by atoms with Crippen molar-refractivity contribution in [2.75, 3.05) is 0 Å². The molecule has 0 atom stereocenters. The Morgan fingerprint density at radius 2 is 0.667 bits per heavy atom. The lowest BCUT2D eigenvalue weighted by molar-refractivity contribution is 1.17. The van der Waals surface area contributed by atoms with Crippen molar-refractivity contribution in [3.05, 3.63) is 255 Å². The Balaban J connectivity index is 1.19. The van der Waals surface area contributed by atoms with E-state index in [1.54, 1.807) is 0 Å². The molecule has 0 radical (unpaired) electrons. The van der Waals surface area contributed by atoms with E-state index < -0.39 is 8.07 Å². The average molecular weight is 819 g/mol. The third kappa shape index (κ3) is 5.93. The van der Waals surface area contributed by atoms with Gasteiger partial charge in [-0.25, -0.2) is 0 Å². The number of hydrogen-bond acceptors (Lipinski definition) is 0. The summed E-state index contributed by atoms with van der Waals surface area (Å²) in [6.07, 6.45) is 0. The zero-order valence-corrected chi connectivity index (χ0v) is 35.6. The average Bonchev–Trinajstić information content (AvgIpc) is 3.89. The van der Waals surface area contributed by atoms with Crippen LogP contribution in [0, 0.1) is 0 Å². The fraction of sp³-hybridized carbons (Fsp3) is 0. The molecule has 3 heteroatoms. The lowest BCUT2D eigenvalue weighted by Gasteiger charge is -2.35. The monoisotopic (exact) mass is 818 g/mol. The zero-order chi connectivity index (χ0) is 41.7. The van der Waals surface area contributed by atoms with E-state index in [0.29, 0.717) is 0 Å². The topological polar surface area (TPSA) is 9.86 Å². The van der Waals surface area contributed by atoms with Gasteiger partial charge >= 0.3 is 0 Å². The highest BCUT2D eigenvalue weighted by Gasteiger charge is 2.43. The summed E-state index contributed by atoms with van der Waals surface area (Å²) in [5, 5.41) is 10.5. The van der Waals surface area contributed by atoms with Crippen LogP contribution < -0.4 is 20.7 Å². The van der Waals surface area contributed by atoms with Crippen molar-refractivity contribution in [1.29, 1.82) is 0 Å². The molecule has 10 aromatic carbocycles.